The fraction of sp³-hybridized carbons (Fsp3) is 0.455. The molecule has 142 valence electrons. The van der Waals surface area contributed by atoms with E-state index in [9.17, 15) is 9.59 Å². The quantitative estimate of drug-likeness (QED) is 0.876. The summed E-state index contributed by atoms with van der Waals surface area (Å²) in [5.74, 6) is 0.914. The van der Waals surface area contributed by atoms with Gasteiger partial charge in [0.05, 0.1) is 12.3 Å². The standard InChI is InChI=1S/C22H26N2O3/c25-21(23-20(17-8-4-9-17)16-6-2-1-3-7-16)18-11-13-24(14-12-18)22(26)19-10-5-15-27-19/h1-3,5-7,10,15,17-18,20H,4,8-9,11-14H2,(H,23,25). The number of hydrogen-bond acceptors (Lipinski definition) is 3. The maximum absolute atomic E-state index is 12.9. The molecule has 1 atom stereocenters. The van der Waals surface area contributed by atoms with Crippen LogP contribution in [0.5, 0.6) is 0 Å². The molecule has 1 aromatic carbocycles. The lowest BCUT2D eigenvalue weighted by atomic mass is 9.77. The smallest absolute Gasteiger partial charge is 0.289 e. The molecule has 5 heteroatoms. The van der Waals surface area contributed by atoms with Gasteiger partial charge in [-0.15, -0.1) is 0 Å². The number of rotatable bonds is 5. The molecule has 1 saturated heterocycles. The highest BCUT2D eigenvalue weighted by atomic mass is 16.3. The number of carbonyl (C=O) groups excluding carboxylic acids is 2. The Morgan fingerprint density at radius 3 is 2.33 bits per heavy atom. The molecule has 4 rings (SSSR count). The Bertz CT molecular complexity index is 760. The van der Waals surface area contributed by atoms with Crippen LogP contribution in [-0.2, 0) is 4.79 Å². The van der Waals surface area contributed by atoms with Crippen molar-refractivity contribution in [2.24, 2.45) is 11.8 Å². The number of nitrogens with one attached hydrogen (secondary N) is 1. The largest absolute Gasteiger partial charge is 0.459 e. The van der Waals surface area contributed by atoms with E-state index in [2.05, 4.69) is 17.4 Å². The van der Waals surface area contributed by atoms with Crippen LogP contribution in [0.1, 0.15) is 54.3 Å². The summed E-state index contributed by atoms with van der Waals surface area (Å²) >= 11 is 0. The molecule has 1 aliphatic carbocycles. The minimum Gasteiger partial charge on any atom is -0.459 e. The Balaban J connectivity index is 1.35. The zero-order valence-electron chi connectivity index (χ0n) is 15.5. The lowest BCUT2D eigenvalue weighted by Gasteiger charge is -2.37. The third-order valence-corrected chi connectivity index (χ3v) is 5.96. The molecular weight excluding hydrogens is 340 g/mol. The minimum absolute atomic E-state index is 0.0306. The van der Waals surface area contributed by atoms with Crippen LogP contribution in [0.4, 0.5) is 0 Å². The van der Waals surface area contributed by atoms with E-state index in [0.29, 0.717) is 37.6 Å². The number of furan rings is 1. The van der Waals surface area contributed by atoms with Gasteiger partial charge in [0.1, 0.15) is 0 Å². The van der Waals surface area contributed by atoms with Crippen LogP contribution in [0.25, 0.3) is 0 Å². The van der Waals surface area contributed by atoms with Crippen molar-refractivity contribution in [2.75, 3.05) is 13.1 Å². The first-order valence-electron chi connectivity index (χ1n) is 9.90. The average Bonchev–Trinajstić information content (AvgIpc) is 3.21. The van der Waals surface area contributed by atoms with E-state index in [0.717, 1.165) is 0 Å². The molecule has 1 saturated carbocycles. The van der Waals surface area contributed by atoms with Gasteiger partial charge in [0.25, 0.3) is 5.91 Å². The third-order valence-electron chi connectivity index (χ3n) is 5.96. The summed E-state index contributed by atoms with van der Waals surface area (Å²) in [6.07, 6.45) is 6.51. The summed E-state index contributed by atoms with van der Waals surface area (Å²) in [4.78, 5) is 27.0. The molecule has 27 heavy (non-hydrogen) atoms. The monoisotopic (exact) mass is 366 g/mol. The lowest BCUT2D eigenvalue weighted by Crippen LogP contribution is -2.45. The molecule has 1 unspecified atom stereocenters. The number of amides is 2. The summed E-state index contributed by atoms with van der Waals surface area (Å²) in [6.45, 7) is 1.19. The Morgan fingerprint density at radius 2 is 1.74 bits per heavy atom. The summed E-state index contributed by atoms with van der Waals surface area (Å²) in [5.41, 5.74) is 1.20. The second-order valence-electron chi connectivity index (χ2n) is 7.63. The van der Waals surface area contributed by atoms with Crippen molar-refractivity contribution in [1.29, 1.82) is 0 Å². The first kappa shape index (κ1) is 17.8. The van der Waals surface area contributed by atoms with Crippen molar-refractivity contribution >= 4 is 11.8 Å². The summed E-state index contributed by atoms with van der Waals surface area (Å²) in [7, 11) is 0. The number of likely N-dealkylation sites (tertiary alicyclic amines) is 1. The fourth-order valence-corrected chi connectivity index (χ4v) is 4.08. The predicted octanol–water partition coefficient (Wildman–Crippen LogP) is 3.79. The molecule has 2 aromatic rings. The topological polar surface area (TPSA) is 62.6 Å². The maximum atomic E-state index is 12.9. The first-order valence-corrected chi connectivity index (χ1v) is 9.90. The lowest BCUT2D eigenvalue weighted by molar-refractivity contribution is -0.127. The zero-order valence-corrected chi connectivity index (χ0v) is 15.5. The summed E-state index contributed by atoms with van der Waals surface area (Å²) < 4.78 is 5.20. The van der Waals surface area contributed by atoms with E-state index < -0.39 is 0 Å². The summed E-state index contributed by atoms with van der Waals surface area (Å²) in [5, 5.41) is 3.32. The van der Waals surface area contributed by atoms with Gasteiger partial charge in [-0.3, -0.25) is 9.59 Å². The molecule has 1 N–H and O–H groups in total. The maximum Gasteiger partial charge on any atom is 0.289 e. The molecule has 1 aliphatic heterocycles. The van der Waals surface area contributed by atoms with Crippen molar-refractivity contribution in [3.63, 3.8) is 0 Å². The number of piperidine rings is 1. The van der Waals surface area contributed by atoms with E-state index in [4.69, 9.17) is 4.42 Å². The highest BCUT2D eigenvalue weighted by molar-refractivity contribution is 5.91. The van der Waals surface area contributed by atoms with Crippen LogP contribution in [0, 0.1) is 11.8 Å². The molecular formula is C22H26N2O3. The summed E-state index contributed by atoms with van der Waals surface area (Å²) in [6, 6.07) is 13.8. The van der Waals surface area contributed by atoms with Gasteiger partial charge in [-0.05, 0) is 49.3 Å². The Labute approximate surface area is 159 Å². The van der Waals surface area contributed by atoms with Gasteiger partial charge < -0.3 is 14.6 Å². The molecule has 2 amide bonds. The van der Waals surface area contributed by atoms with Crippen LogP contribution >= 0.6 is 0 Å². The number of carbonyl (C=O) groups is 2. The van der Waals surface area contributed by atoms with Crippen molar-refractivity contribution in [2.45, 2.75) is 38.1 Å². The van der Waals surface area contributed by atoms with Crippen molar-refractivity contribution in [3.8, 4) is 0 Å². The van der Waals surface area contributed by atoms with E-state index >= 15 is 0 Å². The Kier molecular flexibility index (Phi) is 5.28. The highest BCUT2D eigenvalue weighted by Crippen LogP contribution is 2.38. The molecule has 1 aromatic heterocycles. The van der Waals surface area contributed by atoms with Crippen molar-refractivity contribution in [1.82, 2.24) is 10.2 Å². The van der Waals surface area contributed by atoms with Gasteiger partial charge in [0.15, 0.2) is 5.76 Å². The first-order chi connectivity index (χ1) is 13.2. The highest BCUT2D eigenvalue weighted by Gasteiger charge is 2.33. The second-order valence-corrected chi connectivity index (χ2v) is 7.63. The normalized spacial score (nSPS) is 19.3. The van der Waals surface area contributed by atoms with E-state index in [1.807, 2.05) is 18.2 Å². The molecule has 0 radical (unpaired) electrons. The van der Waals surface area contributed by atoms with Crippen LogP contribution in [0.3, 0.4) is 0 Å². The van der Waals surface area contributed by atoms with E-state index in [1.165, 1.54) is 31.1 Å². The third kappa shape index (κ3) is 3.92. The van der Waals surface area contributed by atoms with Gasteiger partial charge >= 0.3 is 0 Å². The second kappa shape index (κ2) is 7.99. The fourth-order valence-electron chi connectivity index (χ4n) is 4.08. The SMILES string of the molecule is O=C(NC(c1ccccc1)C1CCC1)C1CCN(C(=O)c2ccco2)CC1. The minimum atomic E-state index is -0.0875. The number of hydrogen-bond donors (Lipinski definition) is 1. The predicted molar refractivity (Wildman–Crippen MR) is 102 cm³/mol. The van der Waals surface area contributed by atoms with E-state index in [1.54, 1.807) is 17.0 Å². The van der Waals surface area contributed by atoms with Crippen LogP contribution in [-0.4, -0.2) is 29.8 Å². The van der Waals surface area contributed by atoms with Crippen molar-refractivity contribution < 1.29 is 14.0 Å². The van der Waals surface area contributed by atoms with Gasteiger partial charge in [-0.2, -0.15) is 0 Å². The average molecular weight is 366 g/mol. The Morgan fingerprint density at radius 1 is 1.00 bits per heavy atom. The number of benzene rings is 1. The van der Waals surface area contributed by atoms with Crippen molar-refractivity contribution in [3.05, 3.63) is 60.1 Å². The van der Waals surface area contributed by atoms with Gasteiger partial charge in [-0.25, -0.2) is 0 Å². The zero-order chi connectivity index (χ0) is 18.6. The van der Waals surface area contributed by atoms with Gasteiger partial charge in [-0.1, -0.05) is 36.8 Å². The molecule has 2 heterocycles. The molecule has 0 bridgehead atoms. The van der Waals surface area contributed by atoms with Crippen LogP contribution in [0.2, 0.25) is 0 Å². The molecule has 2 fully saturated rings. The Hall–Kier alpha value is -2.56. The molecule has 2 aliphatic rings. The molecule has 5 nitrogen and oxygen atoms in total. The number of nitrogens with zero attached hydrogens (tertiary/aromatic N) is 1. The van der Waals surface area contributed by atoms with E-state index in [-0.39, 0.29) is 23.8 Å². The van der Waals surface area contributed by atoms with Gasteiger partial charge in [0.2, 0.25) is 5.91 Å². The van der Waals surface area contributed by atoms with Crippen LogP contribution < -0.4 is 5.32 Å². The molecule has 0 spiro atoms. The van der Waals surface area contributed by atoms with Gasteiger partial charge in [0, 0.05) is 19.0 Å². The van der Waals surface area contributed by atoms with Crippen LogP contribution in [0.15, 0.2) is 53.1 Å².